The third-order valence-electron chi connectivity index (χ3n) is 4.31. The molecule has 0 amide bonds. The van der Waals surface area contributed by atoms with E-state index in [1.54, 1.807) is 0 Å². The Kier molecular flexibility index (Phi) is 4.62. The Morgan fingerprint density at radius 2 is 0.870 bits per heavy atom. The molecule has 0 saturated heterocycles. The van der Waals surface area contributed by atoms with Crippen molar-refractivity contribution in [1.82, 2.24) is 0 Å². The molecule has 0 unspecified atom stereocenters. The van der Waals surface area contributed by atoms with E-state index in [9.17, 15) is 0 Å². The second-order valence-corrected chi connectivity index (χ2v) is 6.38. The van der Waals surface area contributed by atoms with E-state index >= 15 is 0 Å². The highest BCUT2D eigenvalue weighted by Gasteiger charge is 2.15. The van der Waals surface area contributed by atoms with Crippen LogP contribution in [-0.4, -0.2) is 0 Å². The summed E-state index contributed by atoms with van der Waals surface area (Å²) in [5.74, 6) is 0.277. The highest BCUT2D eigenvalue weighted by molar-refractivity contribution is 5.42. The number of benzene rings is 3. The lowest BCUT2D eigenvalue weighted by Crippen LogP contribution is -2.03. The molecule has 0 spiro atoms. The van der Waals surface area contributed by atoms with E-state index < -0.39 is 0 Å². The van der Waals surface area contributed by atoms with Gasteiger partial charge in [0, 0.05) is 12.3 Å². The zero-order valence-electron chi connectivity index (χ0n) is 14.1. The molecule has 0 atom stereocenters. The molecule has 0 saturated carbocycles. The molecule has 1 radical (unpaired) electrons. The Labute approximate surface area is 139 Å². The lowest BCUT2D eigenvalue weighted by atomic mass is 9.85. The van der Waals surface area contributed by atoms with Crippen molar-refractivity contribution in [2.75, 3.05) is 0 Å². The predicted octanol–water partition coefficient (Wildman–Crippen LogP) is 6.00. The van der Waals surface area contributed by atoms with Crippen molar-refractivity contribution in [3.63, 3.8) is 0 Å². The standard InChI is InChI=1S/C23H23/c1-17-4-10-20(11-5-17)16-23(21-12-6-18(2)7-13-21)22-14-8-19(3)9-15-22/h4-16,23H,1-3H3. The summed E-state index contributed by atoms with van der Waals surface area (Å²) in [6.45, 7) is 6.39. The second-order valence-electron chi connectivity index (χ2n) is 6.38. The number of hydrogen-bond acceptors (Lipinski definition) is 0. The predicted molar refractivity (Wildman–Crippen MR) is 98.8 cm³/mol. The molecule has 0 heteroatoms. The summed E-state index contributed by atoms with van der Waals surface area (Å²) in [5, 5.41) is 0. The smallest absolute Gasteiger partial charge is 0.0164 e. The molecule has 0 nitrogen and oxygen atoms in total. The van der Waals surface area contributed by atoms with Crippen LogP contribution in [0.5, 0.6) is 0 Å². The Hall–Kier alpha value is -2.34. The monoisotopic (exact) mass is 299 g/mol. The van der Waals surface area contributed by atoms with Crippen LogP contribution in [0.4, 0.5) is 0 Å². The molecule has 0 bridgehead atoms. The largest absolute Gasteiger partial charge is 0.0590 e. The SMILES string of the molecule is Cc1ccc([CH]C(c2ccc(C)cc2)c2ccc(C)cc2)cc1. The minimum Gasteiger partial charge on any atom is -0.0590 e. The van der Waals surface area contributed by atoms with Gasteiger partial charge < -0.3 is 0 Å². The maximum absolute atomic E-state index is 2.36. The lowest BCUT2D eigenvalue weighted by Gasteiger charge is -2.19. The molecule has 3 aromatic carbocycles. The first kappa shape index (κ1) is 15.6. The van der Waals surface area contributed by atoms with Gasteiger partial charge in [-0.15, -0.1) is 0 Å². The molecule has 0 heterocycles. The quantitative estimate of drug-likeness (QED) is 0.554. The average Bonchev–Trinajstić information content (AvgIpc) is 2.56. The molecule has 3 rings (SSSR count). The normalized spacial score (nSPS) is 11.0. The summed E-state index contributed by atoms with van der Waals surface area (Å²) >= 11 is 0. The maximum atomic E-state index is 2.36. The van der Waals surface area contributed by atoms with E-state index in [0.29, 0.717) is 0 Å². The van der Waals surface area contributed by atoms with Crippen LogP contribution in [0.25, 0.3) is 0 Å². The minimum absolute atomic E-state index is 0.277. The van der Waals surface area contributed by atoms with Crippen LogP contribution in [0.15, 0.2) is 72.8 Å². The molecule has 0 aliphatic heterocycles. The van der Waals surface area contributed by atoms with E-state index in [-0.39, 0.29) is 5.92 Å². The van der Waals surface area contributed by atoms with Crippen molar-refractivity contribution in [3.8, 4) is 0 Å². The molecule has 0 fully saturated rings. The van der Waals surface area contributed by atoms with Gasteiger partial charge >= 0.3 is 0 Å². The van der Waals surface area contributed by atoms with Gasteiger partial charge in [-0.05, 0) is 37.5 Å². The molecule has 3 aromatic rings. The van der Waals surface area contributed by atoms with Crippen molar-refractivity contribution >= 4 is 0 Å². The highest BCUT2D eigenvalue weighted by Crippen LogP contribution is 2.30. The summed E-state index contributed by atoms with van der Waals surface area (Å²) in [6, 6.07) is 26.5. The third kappa shape index (κ3) is 3.90. The summed E-state index contributed by atoms with van der Waals surface area (Å²) in [6.07, 6.45) is 2.36. The summed E-state index contributed by atoms with van der Waals surface area (Å²) < 4.78 is 0. The van der Waals surface area contributed by atoms with Gasteiger partial charge in [-0.2, -0.15) is 0 Å². The van der Waals surface area contributed by atoms with E-state index in [2.05, 4.69) is 100.0 Å². The third-order valence-corrected chi connectivity index (χ3v) is 4.31. The van der Waals surface area contributed by atoms with Crippen molar-refractivity contribution in [2.45, 2.75) is 26.7 Å². The van der Waals surface area contributed by atoms with Crippen molar-refractivity contribution in [2.24, 2.45) is 0 Å². The Morgan fingerprint density at radius 3 is 1.26 bits per heavy atom. The van der Waals surface area contributed by atoms with Crippen molar-refractivity contribution in [3.05, 3.63) is 113 Å². The van der Waals surface area contributed by atoms with E-state index in [0.717, 1.165) is 0 Å². The van der Waals surface area contributed by atoms with Crippen molar-refractivity contribution in [1.29, 1.82) is 0 Å². The first-order chi connectivity index (χ1) is 11.1. The Morgan fingerprint density at radius 1 is 0.522 bits per heavy atom. The zero-order valence-corrected chi connectivity index (χ0v) is 14.1. The van der Waals surface area contributed by atoms with Gasteiger partial charge in [0.15, 0.2) is 0 Å². The Balaban J connectivity index is 1.97. The first-order valence-corrected chi connectivity index (χ1v) is 8.16. The fraction of sp³-hybridized carbons (Fsp3) is 0.174. The fourth-order valence-electron chi connectivity index (χ4n) is 2.80. The molecule has 0 aliphatic carbocycles. The number of rotatable bonds is 4. The van der Waals surface area contributed by atoms with E-state index in [4.69, 9.17) is 0 Å². The molecule has 0 aliphatic rings. The second kappa shape index (κ2) is 6.83. The average molecular weight is 299 g/mol. The van der Waals surface area contributed by atoms with E-state index in [1.165, 1.54) is 33.4 Å². The summed E-state index contributed by atoms with van der Waals surface area (Å²) in [5.41, 5.74) is 7.82. The van der Waals surface area contributed by atoms with Gasteiger partial charge in [-0.1, -0.05) is 89.5 Å². The minimum atomic E-state index is 0.277. The van der Waals surface area contributed by atoms with Gasteiger partial charge in [0.05, 0.1) is 0 Å². The molecular weight excluding hydrogens is 276 g/mol. The van der Waals surface area contributed by atoms with Crippen LogP contribution in [0.1, 0.15) is 39.3 Å². The Bertz CT molecular complexity index is 701. The first-order valence-electron chi connectivity index (χ1n) is 8.16. The van der Waals surface area contributed by atoms with Crippen molar-refractivity contribution < 1.29 is 0 Å². The van der Waals surface area contributed by atoms with Crippen LogP contribution in [0, 0.1) is 27.2 Å². The molecule has 115 valence electrons. The van der Waals surface area contributed by atoms with Crippen LogP contribution in [0.3, 0.4) is 0 Å². The van der Waals surface area contributed by atoms with Crippen LogP contribution >= 0.6 is 0 Å². The fourth-order valence-corrected chi connectivity index (χ4v) is 2.80. The van der Waals surface area contributed by atoms with Gasteiger partial charge in [-0.3, -0.25) is 0 Å². The van der Waals surface area contributed by atoms with Crippen LogP contribution in [0.2, 0.25) is 0 Å². The van der Waals surface area contributed by atoms with Gasteiger partial charge in [0.2, 0.25) is 0 Å². The topological polar surface area (TPSA) is 0 Å². The molecule has 0 N–H and O–H groups in total. The number of aryl methyl sites for hydroxylation is 3. The summed E-state index contributed by atoms with van der Waals surface area (Å²) in [7, 11) is 0. The maximum Gasteiger partial charge on any atom is 0.0164 e. The van der Waals surface area contributed by atoms with Crippen LogP contribution in [-0.2, 0) is 0 Å². The summed E-state index contributed by atoms with van der Waals surface area (Å²) in [4.78, 5) is 0. The molecular formula is C23H23. The number of hydrogen-bond donors (Lipinski definition) is 0. The molecule has 23 heavy (non-hydrogen) atoms. The highest BCUT2D eigenvalue weighted by atomic mass is 14.2. The van der Waals surface area contributed by atoms with Gasteiger partial charge in [-0.25, -0.2) is 0 Å². The van der Waals surface area contributed by atoms with Crippen LogP contribution < -0.4 is 0 Å². The lowest BCUT2D eigenvalue weighted by molar-refractivity contribution is 0.956. The van der Waals surface area contributed by atoms with Gasteiger partial charge in [0.1, 0.15) is 0 Å². The molecule has 0 aromatic heterocycles. The van der Waals surface area contributed by atoms with E-state index in [1.807, 2.05) is 0 Å². The zero-order chi connectivity index (χ0) is 16.2. The van der Waals surface area contributed by atoms with Gasteiger partial charge in [0.25, 0.3) is 0 Å².